The number of benzene rings is 2. The summed E-state index contributed by atoms with van der Waals surface area (Å²) in [5, 5.41) is 1.20. The van der Waals surface area contributed by atoms with E-state index in [4.69, 9.17) is 19.9 Å². The molecule has 1 aliphatic rings. The standard InChI is InChI=1S/C20H22N2O3/c1-23-14-6-7-17-16(11-14)15(4-2-3-9-21)20(22-17)13-5-8-18-19(10-13)25-12-24-18/h5-8,10-11,22H,2-4,9,12,21H2,1H3. The van der Waals surface area contributed by atoms with E-state index in [0.717, 1.165) is 53.3 Å². The minimum atomic E-state index is 0.284. The van der Waals surface area contributed by atoms with Crippen molar-refractivity contribution in [3.63, 3.8) is 0 Å². The molecule has 1 aromatic heterocycles. The zero-order valence-corrected chi connectivity index (χ0v) is 14.3. The van der Waals surface area contributed by atoms with Gasteiger partial charge in [-0.2, -0.15) is 0 Å². The molecule has 0 radical (unpaired) electrons. The maximum Gasteiger partial charge on any atom is 0.231 e. The van der Waals surface area contributed by atoms with Gasteiger partial charge in [0.05, 0.1) is 7.11 Å². The Balaban J connectivity index is 1.82. The van der Waals surface area contributed by atoms with Crippen molar-refractivity contribution in [2.24, 2.45) is 5.73 Å². The van der Waals surface area contributed by atoms with E-state index in [1.54, 1.807) is 7.11 Å². The number of nitrogens with one attached hydrogen (secondary N) is 1. The van der Waals surface area contributed by atoms with Crippen LogP contribution in [0.3, 0.4) is 0 Å². The third kappa shape index (κ3) is 2.91. The molecule has 0 unspecified atom stereocenters. The van der Waals surface area contributed by atoms with Crippen molar-refractivity contribution < 1.29 is 14.2 Å². The molecule has 5 nitrogen and oxygen atoms in total. The smallest absolute Gasteiger partial charge is 0.231 e. The summed E-state index contributed by atoms with van der Waals surface area (Å²) in [6, 6.07) is 12.2. The number of unbranched alkanes of at least 4 members (excludes halogenated alkanes) is 1. The topological polar surface area (TPSA) is 69.5 Å². The van der Waals surface area contributed by atoms with Gasteiger partial charge in [0.25, 0.3) is 0 Å². The Bertz CT molecular complexity index is 901. The summed E-state index contributed by atoms with van der Waals surface area (Å²) in [7, 11) is 1.70. The van der Waals surface area contributed by atoms with Crippen LogP contribution in [0.5, 0.6) is 17.2 Å². The lowest BCUT2D eigenvalue weighted by atomic mass is 10.00. The molecule has 3 aromatic rings. The molecule has 1 aliphatic heterocycles. The average Bonchev–Trinajstić information content (AvgIpc) is 3.25. The fraction of sp³-hybridized carbons (Fsp3) is 0.300. The Hall–Kier alpha value is -2.66. The quantitative estimate of drug-likeness (QED) is 0.670. The number of aryl methyl sites for hydroxylation is 1. The molecule has 0 amide bonds. The zero-order chi connectivity index (χ0) is 17.2. The van der Waals surface area contributed by atoms with E-state index in [9.17, 15) is 0 Å². The van der Waals surface area contributed by atoms with Gasteiger partial charge in [-0.25, -0.2) is 0 Å². The highest BCUT2D eigenvalue weighted by molar-refractivity contribution is 5.92. The molecule has 0 saturated carbocycles. The van der Waals surface area contributed by atoms with Crippen LogP contribution in [0.4, 0.5) is 0 Å². The molecular weight excluding hydrogens is 316 g/mol. The van der Waals surface area contributed by atoms with Crippen LogP contribution in [0.1, 0.15) is 18.4 Å². The Morgan fingerprint density at radius 1 is 1.08 bits per heavy atom. The van der Waals surface area contributed by atoms with Crippen molar-refractivity contribution in [1.82, 2.24) is 4.98 Å². The van der Waals surface area contributed by atoms with Crippen LogP contribution in [-0.2, 0) is 6.42 Å². The third-order valence-electron chi connectivity index (χ3n) is 4.66. The molecule has 0 atom stereocenters. The Morgan fingerprint density at radius 3 is 2.80 bits per heavy atom. The Labute approximate surface area is 146 Å². The summed E-state index contributed by atoms with van der Waals surface area (Å²) in [6.07, 6.45) is 3.03. The molecule has 0 fully saturated rings. The van der Waals surface area contributed by atoms with Gasteiger partial charge in [-0.15, -0.1) is 0 Å². The lowest BCUT2D eigenvalue weighted by molar-refractivity contribution is 0.174. The zero-order valence-electron chi connectivity index (χ0n) is 14.3. The van der Waals surface area contributed by atoms with Crippen molar-refractivity contribution in [2.75, 3.05) is 20.4 Å². The number of aromatic amines is 1. The lowest BCUT2D eigenvalue weighted by Gasteiger charge is -2.07. The first-order chi connectivity index (χ1) is 12.3. The molecule has 25 heavy (non-hydrogen) atoms. The molecule has 3 N–H and O–H groups in total. The van der Waals surface area contributed by atoms with Crippen LogP contribution in [-0.4, -0.2) is 25.4 Å². The monoisotopic (exact) mass is 338 g/mol. The number of hydrogen-bond donors (Lipinski definition) is 2. The van der Waals surface area contributed by atoms with E-state index in [1.807, 2.05) is 18.2 Å². The first-order valence-electron chi connectivity index (χ1n) is 8.59. The van der Waals surface area contributed by atoms with Gasteiger partial charge in [-0.05, 0) is 67.8 Å². The predicted octanol–water partition coefficient (Wildman–Crippen LogP) is 3.85. The first-order valence-corrected chi connectivity index (χ1v) is 8.59. The Kier molecular flexibility index (Phi) is 4.24. The SMILES string of the molecule is COc1ccc2[nH]c(-c3ccc4c(c3)OCO4)c(CCCCN)c2c1. The number of rotatable bonds is 6. The lowest BCUT2D eigenvalue weighted by Crippen LogP contribution is -1.99. The van der Waals surface area contributed by atoms with Gasteiger partial charge in [-0.1, -0.05) is 0 Å². The normalized spacial score (nSPS) is 12.7. The molecule has 5 heteroatoms. The number of nitrogens with two attached hydrogens (primary N) is 1. The molecular formula is C20H22N2O3. The van der Waals surface area contributed by atoms with Gasteiger partial charge in [0.2, 0.25) is 6.79 Å². The number of methoxy groups -OCH3 is 1. The van der Waals surface area contributed by atoms with Gasteiger partial charge < -0.3 is 24.9 Å². The fourth-order valence-electron chi connectivity index (χ4n) is 3.36. The Morgan fingerprint density at radius 2 is 1.96 bits per heavy atom. The van der Waals surface area contributed by atoms with Gasteiger partial charge in [0, 0.05) is 22.2 Å². The van der Waals surface area contributed by atoms with E-state index in [0.29, 0.717) is 6.54 Å². The molecule has 0 spiro atoms. The first kappa shape index (κ1) is 15.8. The third-order valence-corrected chi connectivity index (χ3v) is 4.66. The molecule has 2 heterocycles. The summed E-state index contributed by atoms with van der Waals surface area (Å²) in [6.45, 7) is 0.997. The number of hydrogen-bond acceptors (Lipinski definition) is 4. The summed E-state index contributed by atoms with van der Waals surface area (Å²) in [5.41, 5.74) is 10.3. The van der Waals surface area contributed by atoms with Gasteiger partial charge >= 0.3 is 0 Å². The summed E-state index contributed by atoms with van der Waals surface area (Å²) >= 11 is 0. The fourth-order valence-corrected chi connectivity index (χ4v) is 3.36. The van der Waals surface area contributed by atoms with Crippen molar-refractivity contribution >= 4 is 10.9 Å². The van der Waals surface area contributed by atoms with Crippen LogP contribution < -0.4 is 19.9 Å². The van der Waals surface area contributed by atoms with Gasteiger partial charge in [0.15, 0.2) is 11.5 Å². The van der Waals surface area contributed by atoms with Crippen LogP contribution >= 0.6 is 0 Å². The van der Waals surface area contributed by atoms with Crippen LogP contribution in [0.25, 0.3) is 22.2 Å². The van der Waals surface area contributed by atoms with Gasteiger partial charge in [-0.3, -0.25) is 0 Å². The largest absolute Gasteiger partial charge is 0.497 e. The van der Waals surface area contributed by atoms with E-state index >= 15 is 0 Å². The minimum absolute atomic E-state index is 0.284. The molecule has 4 rings (SSSR count). The highest BCUT2D eigenvalue weighted by Crippen LogP contribution is 2.39. The van der Waals surface area contributed by atoms with Crippen LogP contribution in [0, 0.1) is 0 Å². The summed E-state index contributed by atoms with van der Waals surface area (Å²) in [5.74, 6) is 2.46. The predicted molar refractivity (Wildman–Crippen MR) is 98.4 cm³/mol. The number of ether oxygens (including phenoxy) is 3. The van der Waals surface area contributed by atoms with Crippen LogP contribution in [0.15, 0.2) is 36.4 Å². The molecule has 0 bridgehead atoms. The highest BCUT2D eigenvalue weighted by Gasteiger charge is 2.18. The van der Waals surface area contributed by atoms with Crippen molar-refractivity contribution in [2.45, 2.75) is 19.3 Å². The molecule has 0 aliphatic carbocycles. The average molecular weight is 338 g/mol. The van der Waals surface area contributed by atoms with Crippen molar-refractivity contribution in [3.8, 4) is 28.5 Å². The molecule has 0 saturated heterocycles. The van der Waals surface area contributed by atoms with Crippen molar-refractivity contribution in [3.05, 3.63) is 42.0 Å². The van der Waals surface area contributed by atoms with Crippen LogP contribution in [0.2, 0.25) is 0 Å². The molecule has 130 valence electrons. The number of H-pyrrole nitrogens is 1. The molecule has 2 aromatic carbocycles. The number of fused-ring (bicyclic) bond motifs is 2. The van der Waals surface area contributed by atoms with E-state index in [2.05, 4.69) is 23.2 Å². The van der Waals surface area contributed by atoms with E-state index < -0.39 is 0 Å². The van der Waals surface area contributed by atoms with E-state index in [1.165, 1.54) is 10.9 Å². The summed E-state index contributed by atoms with van der Waals surface area (Å²) in [4.78, 5) is 3.57. The maximum absolute atomic E-state index is 5.68. The summed E-state index contributed by atoms with van der Waals surface area (Å²) < 4.78 is 16.4. The number of aromatic nitrogens is 1. The second-order valence-electron chi connectivity index (χ2n) is 6.20. The maximum atomic E-state index is 5.68. The van der Waals surface area contributed by atoms with Gasteiger partial charge in [0.1, 0.15) is 5.75 Å². The van der Waals surface area contributed by atoms with E-state index in [-0.39, 0.29) is 6.79 Å². The minimum Gasteiger partial charge on any atom is -0.497 e. The second kappa shape index (κ2) is 6.69. The second-order valence-corrected chi connectivity index (χ2v) is 6.20. The van der Waals surface area contributed by atoms with Crippen molar-refractivity contribution in [1.29, 1.82) is 0 Å². The highest BCUT2D eigenvalue weighted by atomic mass is 16.7.